The Kier molecular flexibility index (Phi) is 4.80. The Morgan fingerprint density at radius 3 is 2.69 bits per heavy atom. The molecule has 1 aliphatic heterocycles. The van der Waals surface area contributed by atoms with Crippen molar-refractivity contribution in [1.82, 2.24) is 14.7 Å². The van der Waals surface area contributed by atoms with E-state index in [-0.39, 0.29) is 18.2 Å². The molecular formula is C19H26N4O3. The fraction of sp³-hybridized carbons (Fsp3) is 0.474. The van der Waals surface area contributed by atoms with Crippen LogP contribution in [0.15, 0.2) is 36.7 Å². The van der Waals surface area contributed by atoms with Crippen molar-refractivity contribution in [2.75, 3.05) is 19.4 Å². The normalized spacial score (nSPS) is 18.2. The maximum Gasteiger partial charge on any atom is 0.410 e. The lowest BCUT2D eigenvalue weighted by molar-refractivity contribution is -0.0136. The number of hydrogen-bond acceptors (Lipinski definition) is 5. The smallest absolute Gasteiger partial charge is 0.410 e. The topological polar surface area (TPSA) is 82.6 Å². The maximum absolute atomic E-state index is 12.6. The van der Waals surface area contributed by atoms with Crippen molar-refractivity contribution < 1.29 is 14.3 Å². The molecule has 2 atom stereocenters. The van der Waals surface area contributed by atoms with Gasteiger partial charge in [-0.3, -0.25) is 4.68 Å². The zero-order valence-electron chi connectivity index (χ0n) is 15.7. The van der Waals surface area contributed by atoms with E-state index in [0.29, 0.717) is 12.2 Å². The molecule has 0 saturated carbocycles. The quantitative estimate of drug-likeness (QED) is 0.908. The Labute approximate surface area is 153 Å². The highest BCUT2D eigenvalue weighted by molar-refractivity contribution is 5.70. The number of nitrogen functional groups attached to an aromatic ring is 1. The van der Waals surface area contributed by atoms with Gasteiger partial charge in [0.05, 0.1) is 31.1 Å². The fourth-order valence-corrected chi connectivity index (χ4v) is 3.16. The van der Waals surface area contributed by atoms with E-state index in [1.54, 1.807) is 24.4 Å². The number of likely N-dealkylation sites (tertiary alicyclic amines) is 1. The summed E-state index contributed by atoms with van der Waals surface area (Å²) >= 11 is 0. The summed E-state index contributed by atoms with van der Waals surface area (Å²) in [5, 5.41) is 4.39. The van der Waals surface area contributed by atoms with Gasteiger partial charge < -0.3 is 20.1 Å². The van der Waals surface area contributed by atoms with Gasteiger partial charge in [0, 0.05) is 12.7 Å². The molecule has 0 aliphatic carbocycles. The van der Waals surface area contributed by atoms with E-state index in [1.807, 2.05) is 49.7 Å². The van der Waals surface area contributed by atoms with E-state index in [1.165, 1.54) is 0 Å². The fourth-order valence-electron chi connectivity index (χ4n) is 3.16. The van der Waals surface area contributed by atoms with E-state index in [2.05, 4.69) is 5.10 Å². The molecule has 0 radical (unpaired) electrons. The second-order valence-electron chi connectivity index (χ2n) is 7.50. The molecule has 2 heterocycles. The standard InChI is InChI=1S/C19H26N4O3/c1-19(2,3)26-18(24)22-9-8-16(22)17(23-12-14(20)11-21-23)13-6-5-7-15(10-13)25-4/h5-7,10-12,16-17H,8-9,20H2,1-4H3/t16-,17?/m1/s1. The van der Waals surface area contributed by atoms with Gasteiger partial charge in [-0.05, 0) is 44.9 Å². The summed E-state index contributed by atoms with van der Waals surface area (Å²) in [4.78, 5) is 14.3. The third-order valence-corrected chi connectivity index (χ3v) is 4.40. The Bertz CT molecular complexity index is 781. The number of carbonyl (C=O) groups excluding carboxylic acids is 1. The first-order valence-electron chi connectivity index (χ1n) is 8.72. The van der Waals surface area contributed by atoms with Gasteiger partial charge in [0.15, 0.2) is 0 Å². The molecule has 1 aromatic carbocycles. The summed E-state index contributed by atoms with van der Waals surface area (Å²) in [6, 6.07) is 7.58. The van der Waals surface area contributed by atoms with Crippen molar-refractivity contribution >= 4 is 11.8 Å². The van der Waals surface area contributed by atoms with E-state index in [0.717, 1.165) is 17.7 Å². The Balaban J connectivity index is 1.92. The zero-order chi connectivity index (χ0) is 18.9. The minimum absolute atomic E-state index is 0.0590. The van der Waals surface area contributed by atoms with Crippen LogP contribution in [0.25, 0.3) is 0 Å². The summed E-state index contributed by atoms with van der Waals surface area (Å²) < 4.78 is 12.7. The molecule has 1 aromatic heterocycles. The largest absolute Gasteiger partial charge is 0.497 e. The summed E-state index contributed by atoms with van der Waals surface area (Å²) in [7, 11) is 1.64. The van der Waals surface area contributed by atoms with Crippen LogP contribution in [0, 0.1) is 0 Å². The van der Waals surface area contributed by atoms with Gasteiger partial charge in [-0.2, -0.15) is 5.10 Å². The van der Waals surface area contributed by atoms with Crippen LogP contribution in [0.4, 0.5) is 10.5 Å². The average molecular weight is 358 g/mol. The Morgan fingerprint density at radius 2 is 2.15 bits per heavy atom. The molecule has 1 aliphatic rings. The molecule has 0 bridgehead atoms. The SMILES string of the molecule is COc1cccc(C([C@H]2CCN2C(=O)OC(C)(C)C)n2cc(N)cn2)c1. The number of rotatable bonds is 4. The number of aromatic nitrogens is 2. The van der Waals surface area contributed by atoms with E-state index in [9.17, 15) is 4.79 Å². The molecule has 1 saturated heterocycles. The average Bonchev–Trinajstić information content (AvgIpc) is 2.95. The number of nitrogens with two attached hydrogens (primary N) is 1. The molecule has 140 valence electrons. The first-order chi connectivity index (χ1) is 12.3. The molecule has 26 heavy (non-hydrogen) atoms. The van der Waals surface area contributed by atoms with Crippen molar-refractivity contribution in [3.05, 3.63) is 42.2 Å². The van der Waals surface area contributed by atoms with Crippen LogP contribution in [0.5, 0.6) is 5.75 Å². The Morgan fingerprint density at radius 1 is 1.38 bits per heavy atom. The Hall–Kier alpha value is -2.70. The lowest BCUT2D eigenvalue weighted by Gasteiger charge is -2.45. The van der Waals surface area contributed by atoms with Gasteiger partial charge in [0.1, 0.15) is 11.4 Å². The summed E-state index contributed by atoms with van der Waals surface area (Å²) in [6.45, 7) is 6.27. The molecule has 1 unspecified atom stereocenters. The van der Waals surface area contributed by atoms with Crippen molar-refractivity contribution in [2.24, 2.45) is 0 Å². The summed E-state index contributed by atoms with van der Waals surface area (Å²) in [5.41, 5.74) is 6.94. The van der Waals surface area contributed by atoms with Crippen molar-refractivity contribution in [1.29, 1.82) is 0 Å². The van der Waals surface area contributed by atoms with E-state index < -0.39 is 5.60 Å². The third-order valence-electron chi connectivity index (χ3n) is 4.40. The van der Waals surface area contributed by atoms with Crippen molar-refractivity contribution in [3.8, 4) is 5.75 Å². The first-order valence-corrected chi connectivity index (χ1v) is 8.72. The predicted molar refractivity (Wildman–Crippen MR) is 99.1 cm³/mol. The molecule has 1 fully saturated rings. The van der Waals surface area contributed by atoms with Crippen LogP contribution in [-0.4, -0.2) is 46.1 Å². The van der Waals surface area contributed by atoms with Crippen LogP contribution < -0.4 is 10.5 Å². The molecule has 3 rings (SSSR count). The van der Waals surface area contributed by atoms with Crippen LogP contribution in [0.1, 0.15) is 38.8 Å². The van der Waals surface area contributed by atoms with Gasteiger partial charge in [0.2, 0.25) is 0 Å². The number of benzene rings is 1. The molecule has 2 aromatic rings. The van der Waals surface area contributed by atoms with Crippen molar-refractivity contribution in [2.45, 2.75) is 44.9 Å². The highest BCUT2D eigenvalue weighted by Crippen LogP contribution is 2.35. The molecule has 7 nitrogen and oxygen atoms in total. The second-order valence-corrected chi connectivity index (χ2v) is 7.50. The number of carbonyl (C=O) groups is 1. The molecule has 1 amide bonds. The molecular weight excluding hydrogens is 332 g/mol. The number of nitrogens with zero attached hydrogens (tertiary/aromatic N) is 3. The van der Waals surface area contributed by atoms with Gasteiger partial charge >= 0.3 is 6.09 Å². The lowest BCUT2D eigenvalue weighted by Crippen LogP contribution is -2.56. The maximum atomic E-state index is 12.6. The first kappa shape index (κ1) is 18.1. The third kappa shape index (κ3) is 3.76. The lowest BCUT2D eigenvalue weighted by atomic mass is 9.90. The highest BCUT2D eigenvalue weighted by Gasteiger charge is 2.42. The molecule has 7 heteroatoms. The van der Waals surface area contributed by atoms with Gasteiger partial charge in [-0.1, -0.05) is 12.1 Å². The number of amides is 1. The summed E-state index contributed by atoms with van der Waals surface area (Å²) in [6.07, 6.45) is 3.96. The van der Waals surface area contributed by atoms with Crippen LogP contribution in [0.2, 0.25) is 0 Å². The van der Waals surface area contributed by atoms with E-state index >= 15 is 0 Å². The predicted octanol–water partition coefficient (Wildman–Crippen LogP) is 3.07. The number of anilines is 1. The summed E-state index contributed by atoms with van der Waals surface area (Å²) in [5.74, 6) is 0.760. The zero-order valence-corrected chi connectivity index (χ0v) is 15.7. The van der Waals surface area contributed by atoms with E-state index in [4.69, 9.17) is 15.2 Å². The highest BCUT2D eigenvalue weighted by atomic mass is 16.6. The van der Waals surface area contributed by atoms with Crippen LogP contribution in [-0.2, 0) is 4.74 Å². The minimum Gasteiger partial charge on any atom is -0.497 e. The number of hydrogen-bond donors (Lipinski definition) is 1. The van der Waals surface area contributed by atoms with Crippen molar-refractivity contribution in [3.63, 3.8) is 0 Å². The van der Waals surface area contributed by atoms with Gasteiger partial charge in [-0.15, -0.1) is 0 Å². The second kappa shape index (κ2) is 6.90. The minimum atomic E-state index is -0.529. The monoisotopic (exact) mass is 358 g/mol. The molecule has 2 N–H and O–H groups in total. The molecule has 0 spiro atoms. The van der Waals surface area contributed by atoms with Crippen LogP contribution in [0.3, 0.4) is 0 Å². The van der Waals surface area contributed by atoms with Gasteiger partial charge in [0.25, 0.3) is 0 Å². The number of methoxy groups -OCH3 is 1. The van der Waals surface area contributed by atoms with Crippen LogP contribution >= 0.6 is 0 Å². The van der Waals surface area contributed by atoms with Gasteiger partial charge in [-0.25, -0.2) is 4.79 Å². The number of ether oxygens (including phenoxy) is 2.